The van der Waals surface area contributed by atoms with Gasteiger partial charge < -0.3 is 25.3 Å². The van der Waals surface area contributed by atoms with E-state index in [1.165, 1.54) is 0 Å². The molecule has 1 fully saturated rings. The summed E-state index contributed by atoms with van der Waals surface area (Å²) >= 11 is 0. The predicted octanol–water partition coefficient (Wildman–Crippen LogP) is 0.690. The van der Waals surface area contributed by atoms with Crippen LogP contribution in [0.15, 0.2) is 27.8 Å². The number of rotatable bonds is 6. The second kappa shape index (κ2) is 11.0. The van der Waals surface area contributed by atoms with Gasteiger partial charge in [0.2, 0.25) is 11.8 Å². The van der Waals surface area contributed by atoms with E-state index in [-0.39, 0.29) is 48.4 Å². The van der Waals surface area contributed by atoms with Gasteiger partial charge in [-0.15, -0.1) is 24.0 Å². The molecule has 0 spiro atoms. The van der Waals surface area contributed by atoms with Crippen LogP contribution in [-0.4, -0.2) is 55.4 Å². The molecule has 0 aliphatic carbocycles. The molecule has 8 nitrogen and oxygen atoms in total. The monoisotopic (exact) mass is 463 g/mol. The lowest BCUT2D eigenvalue weighted by molar-refractivity contribution is -0.129. The van der Waals surface area contributed by atoms with Crippen molar-refractivity contribution in [3.8, 4) is 0 Å². The van der Waals surface area contributed by atoms with Gasteiger partial charge >= 0.3 is 0 Å². The first-order chi connectivity index (χ1) is 11.6. The number of likely N-dealkylation sites (tertiary alicyclic amines) is 1. The molecule has 25 heavy (non-hydrogen) atoms. The zero-order valence-corrected chi connectivity index (χ0v) is 16.9. The third-order valence-electron chi connectivity index (χ3n) is 3.86. The fraction of sp³-hybridized carbons (Fsp3) is 0.562. The minimum atomic E-state index is -0.149. The van der Waals surface area contributed by atoms with Crippen molar-refractivity contribution in [2.24, 2.45) is 4.99 Å². The quantitative estimate of drug-likeness (QED) is 0.328. The van der Waals surface area contributed by atoms with Crippen LogP contribution in [0.3, 0.4) is 0 Å². The van der Waals surface area contributed by atoms with E-state index in [0.29, 0.717) is 31.2 Å². The van der Waals surface area contributed by atoms with Crippen LogP contribution in [0.5, 0.6) is 0 Å². The summed E-state index contributed by atoms with van der Waals surface area (Å²) in [6.07, 6.45) is 2.96. The molecule has 1 atom stereocenters. The molecule has 1 saturated heterocycles. The molecule has 1 aliphatic heterocycles. The van der Waals surface area contributed by atoms with Crippen molar-refractivity contribution >= 4 is 41.8 Å². The maximum Gasteiger partial charge on any atom is 0.239 e. The van der Waals surface area contributed by atoms with Crippen LogP contribution in [0.25, 0.3) is 0 Å². The van der Waals surface area contributed by atoms with Crippen molar-refractivity contribution in [2.75, 3.05) is 26.7 Å². The first-order valence-corrected chi connectivity index (χ1v) is 8.16. The number of furan rings is 1. The Hall–Kier alpha value is -1.78. The number of aliphatic imine (C=N–C) groups is 1. The van der Waals surface area contributed by atoms with Crippen molar-refractivity contribution in [3.63, 3.8) is 0 Å². The Kier molecular flexibility index (Phi) is 9.32. The summed E-state index contributed by atoms with van der Waals surface area (Å²) < 4.78 is 5.15. The Morgan fingerprint density at radius 1 is 1.40 bits per heavy atom. The minimum absolute atomic E-state index is 0. The number of hydrogen-bond acceptors (Lipinski definition) is 4. The minimum Gasteiger partial charge on any atom is -0.467 e. The second-order valence-corrected chi connectivity index (χ2v) is 5.61. The molecule has 2 heterocycles. The highest BCUT2D eigenvalue weighted by atomic mass is 127. The van der Waals surface area contributed by atoms with Gasteiger partial charge in [-0.1, -0.05) is 6.92 Å². The van der Waals surface area contributed by atoms with E-state index in [4.69, 9.17) is 4.42 Å². The Balaban J connectivity index is 0.00000312. The molecule has 1 aromatic rings. The number of hydrogen-bond donors (Lipinski definition) is 3. The van der Waals surface area contributed by atoms with E-state index in [1.807, 2.05) is 11.8 Å². The topological polar surface area (TPSA) is 99.0 Å². The first-order valence-electron chi connectivity index (χ1n) is 8.16. The Morgan fingerprint density at radius 2 is 2.20 bits per heavy atom. The first kappa shape index (κ1) is 21.3. The fourth-order valence-electron chi connectivity index (χ4n) is 2.54. The van der Waals surface area contributed by atoms with Gasteiger partial charge in [-0.05, 0) is 18.6 Å². The second-order valence-electron chi connectivity index (χ2n) is 5.61. The van der Waals surface area contributed by atoms with E-state index >= 15 is 0 Å². The van der Waals surface area contributed by atoms with Gasteiger partial charge in [0.1, 0.15) is 5.76 Å². The van der Waals surface area contributed by atoms with Crippen LogP contribution >= 0.6 is 24.0 Å². The molecule has 0 aromatic carbocycles. The zero-order valence-electron chi connectivity index (χ0n) is 14.6. The van der Waals surface area contributed by atoms with Gasteiger partial charge in [-0.2, -0.15) is 0 Å². The molecule has 1 aromatic heterocycles. The molecule has 0 saturated carbocycles. The summed E-state index contributed by atoms with van der Waals surface area (Å²) in [5.74, 6) is 1.28. The lowest BCUT2D eigenvalue weighted by atomic mass is 10.3. The molecular weight excluding hydrogens is 437 g/mol. The van der Waals surface area contributed by atoms with Crippen LogP contribution < -0.4 is 16.0 Å². The van der Waals surface area contributed by atoms with Gasteiger partial charge in [0, 0.05) is 32.6 Å². The fourth-order valence-corrected chi connectivity index (χ4v) is 2.54. The third kappa shape index (κ3) is 6.92. The van der Waals surface area contributed by atoms with E-state index < -0.39 is 0 Å². The zero-order chi connectivity index (χ0) is 17.4. The van der Waals surface area contributed by atoms with Crippen molar-refractivity contribution in [2.45, 2.75) is 32.4 Å². The van der Waals surface area contributed by atoms with Crippen LogP contribution in [0.2, 0.25) is 0 Å². The summed E-state index contributed by atoms with van der Waals surface area (Å²) in [4.78, 5) is 29.5. The predicted molar refractivity (Wildman–Crippen MR) is 106 cm³/mol. The lowest BCUT2D eigenvalue weighted by Gasteiger charge is -2.18. The highest BCUT2D eigenvalue weighted by Crippen LogP contribution is 2.10. The molecule has 0 bridgehead atoms. The molecular formula is C16H26IN5O3. The summed E-state index contributed by atoms with van der Waals surface area (Å²) in [5, 5.41) is 8.98. The van der Waals surface area contributed by atoms with Gasteiger partial charge in [-0.3, -0.25) is 14.6 Å². The van der Waals surface area contributed by atoms with Crippen LogP contribution in [-0.2, 0) is 16.1 Å². The number of carbonyl (C=O) groups excluding carboxylic acids is 2. The molecule has 9 heteroatoms. The number of nitrogens with zero attached hydrogens (tertiary/aromatic N) is 2. The van der Waals surface area contributed by atoms with Gasteiger partial charge in [0.05, 0.1) is 19.4 Å². The number of carbonyl (C=O) groups is 2. The number of nitrogens with one attached hydrogen (secondary N) is 3. The Morgan fingerprint density at radius 3 is 2.84 bits per heavy atom. The highest BCUT2D eigenvalue weighted by Gasteiger charge is 2.25. The van der Waals surface area contributed by atoms with E-state index in [1.54, 1.807) is 25.4 Å². The molecule has 2 rings (SSSR count). The van der Waals surface area contributed by atoms with E-state index in [2.05, 4.69) is 20.9 Å². The average Bonchev–Trinajstić information content (AvgIpc) is 3.27. The number of guanidine groups is 1. The summed E-state index contributed by atoms with van der Waals surface area (Å²) in [5.41, 5.74) is 0. The normalized spacial score (nSPS) is 17.0. The highest BCUT2D eigenvalue weighted by molar-refractivity contribution is 14.0. The maximum absolute atomic E-state index is 11.8. The molecule has 1 unspecified atom stereocenters. The van der Waals surface area contributed by atoms with E-state index in [0.717, 1.165) is 13.0 Å². The Labute approximate surface area is 164 Å². The smallest absolute Gasteiger partial charge is 0.239 e. The van der Waals surface area contributed by atoms with E-state index in [9.17, 15) is 9.59 Å². The molecule has 2 amide bonds. The largest absolute Gasteiger partial charge is 0.467 e. The molecule has 0 radical (unpaired) electrons. The van der Waals surface area contributed by atoms with Crippen molar-refractivity contribution < 1.29 is 14.0 Å². The van der Waals surface area contributed by atoms with Crippen molar-refractivity contribution in [1.29, 1.82) is 0 Å². The molecule has 140 valence electrons. The van der Waals surface area contributed by atoms with Crippen LogP contribution in [0.1, 0.15) is 25.5 Å². The van der Waals surface area contributed by atoms with Gasteiger partial charge in [0.15, 0.2) is 5.96 Å². The van der Waals surface area contributed by atoms with Crippen LogP contribution in [0.4, 0.5) is 0 Å². The third-order valence-corrected chi connectivity index (χ3v) is 3.86. The average molecular weight is 463 g/mol. The lowest BCUT2D eigenvalue weighted by Crippen LogP contribution is -2.47. The van der Waals surface area contributed by atoms with Crippen LogP contribution in [0, 0.1) is 0 Å². The number of amides is 2. The molecule has 1 aliphatic rings. The van der Waals surface area contributed by atoms with Crippen molar-refractivity contribution in [3.05, 3.63) is 24.2 Å². The SMILES string of the molecule is CCC(=O)N1CCC(NC(=NC)NCC(=O)NCc2ccco2)C1.I. The summed E-state index contributed by atoms with van der Waals surface area (Å²) in [7, 11) is 1.65. The summed E-state index contributed by atoms with van der Waals surface area (Å²) in [6, 6.07) is 3.73. The van der Waals surface area contributed by atoms with Gasteiger partial charge in [-0.25, -0.2) is 0 Å². The number of halogens is 1. The maximum atomic E-state index is 11.8. The Bertz CT molecular complexity index is 576. The summed E-state index contributed by atoms with van der Waals surface area (Å²) in [6.45, 7) is 3.76. The van der Waals surface area contributed by atoms with Gasteiger partial charge in [0.25, 0.3) is 0 Å². The standard InChI is InChI=1S/C16H25N5O3.HI/c1-3-15(23)21-7-6-12(11-21)20-16(17-2)19-10-14(22)18-9-13-5-4-8-24-13;/h4-5,8,12H,3,6-7,9-11H2,1-2H3,(H,18,22)(H2,17,19,20);1H. The van der Waals surface area contributed by atoms with Crippen molar-refractivity contribution in [1.82, 2.24) is 20.9 Å². The molecule has 3 N–H and O–H groups in total.